The van der Waals surface area contributed by atoms with Crippen molar-refractivity contribution in [3.8, 4) is 11.1 Å². The zero-order valence-corrected chi connectivity index (χ0v) is 25.5. The number of benzene rings is 7. The summed E-state index contributed by atoms with van der Waals surface area (Å²) < 4.78 is 0. The Hall–Kier alpha value is -4.88. The average Bonchev–Trinajstić information content (AvgIpc) is 3.28. The molecule has 0 saturated carbocycles. The topological polar surface area (TPSA) is 3.24 Å². The molecular formula is C42H35N. The van der Waals surface area contributed by atoms with E-state index in [4.69, 9.17) is 0 Å². The summed E-state index contributed by atoms with van der Waals surface area (Å²) in [6.07, 6.45) is 0. The highest BCUT2D eigenvalue weighted by Gasteiger charge is 2.39. The van der Waals surface area contributed by atoms with Crippen molar-refractivity contribution in [1.82, 2.24) is 0 Å². The number of hydrogen-bond acceptors (Lipinski definition) is 1. The minimum atomic E-state index is -0.139. The first-order valence-electron chi connectivity index (χ1n) is 15.3. The molecule has 0 N–H and O–H groups in total. The summed E-state index contributed by atoms with van der Waals surface area (Å²) in [5.41, 5.74) is 13.0. The van der Waals surface area contributed by atoms with Crippen LogP contribution >= 0.6 is 0 Å². The Labute approximate surface area is 254 Å². The summed E-state index contributed by atoms with van der Waals surface area (Å²) in [6, 6.07) is 45.0. The summed E-state index contributed by atoms with van der Waals surface area (Å²) in [4.78, 5) is 2.40. The van der Waals surface area contributed by atoms with Gasteiger partial charge in [0, 0.05) is 22.5 Å². The van der Waals surface area contributed by atoms with Crippen LogP contribution in [0.2, 0.25) is 0 Å². The number of aryl methyl sites for hydroxylation is 2. The van der Waals surface area contributed by atoms with Crippen molar-refractivity contribution in [3.05, 3.63) is 149 Å². The lowest BCUT2D eigenvalue weighted by Crippen LogP contribution is -2.16. The number of rotatable bonds is 3. The van der Waals surface area contributed by atoms with E-state index in [0.29, 0.717) is 0 Å². The molecule has 1 aliphatic carbocycles. The van der Waals surface area contributed by atoms with Crippen LogP contribution in [0.3, 0.4) is 0 Å². The van der Waals surface area contributed by atoms with Gasteiger partial charge in [0.25, 0.3) is 0 Å². The van der Waals surface area contributed by atoms with E-state index in [0.717, 1.165) is 5.69 Å². The minimum Gasteiger partial charge on any atom is -0.310 e. The Kier molecular flexibility index (Phi) is 5.59. The van der Waals surface area contributed by atoms with Gasteiger partial charge in [-0.2, -0.15) is 0 Å². The predicted octanol–water partition coefficient (Wildman–Crippen LogP) is 11.8. The predicted molar refractivity (Wildman–Crippen MR) is 185 cm³/mol. The third kappa shape index (κ3) is 3.71. The molecule has 0 bridgehead atoms. The van der Waals surface area contributed by atoms with E-state index in [2.05, 4.69) is 161 Å². The summed E-state index contributed by atoms with van der Waals surface area (Å²) in [5, 5.41) is 7.98. The molecule has 1 aliphatic rings. The fraction of sp³-hybridized carbons (Fsp3) is 0.143. The maximum absolute atomic E-state index is 2.42. The third-order valence-corrected chi connectivity index (χ3v) is 9.90. The second kappa shape index (κ2) is 9.31. The van der Waals surface area contributed by atoms with Gasteiger partial charge >= 0.3 is 0 Å². The van der Waals surface area contributed by atoms with Gasteiger partial charge in [0.15, 0.2) is 0 Å². The molecule has 0 fully saturated rings. The quantitative estimate of drug-likeness (QED) is 0.197. The minimum absolute atomic E-state index is 0.139. The second-order valence-electron chi connectivity index (χ2n) is 12.7. The Morgan fingerprint density at radius 2 is 1.07 bits per heavy atom. The largest absolute Gasteiger partial charge is 0.310 e. The summed E-state index contributed by atoms with van der Waals surface area (Å²) in [5.74, 6) is 0. The number of anilines is 3. The van der Waals surface area contributed by atoms with Gasteiger partial charge in [-0.05, 0) is 128 Å². The molecule has 7 aromatic rings. The molecule has 8 rings (SSSR count). The first-order valence-corrected chi connectivity index (χ1v) is 15.3. The van der Waals surface area contributed by atoms with E-state index in [-0.39, 0.29) is 5.41 Å². The van der Waals surface area contributed by atoms with Crippen LogP contribution in [0, 0.1) is 20.8 Å². The summed E-state index contributed by atoms with van der Waals surface area (Å²) in [6.45, 7) is 11.5. The second-order valence-corrected chi connectivity index (χ2v) is 12.7. The summed E-state index contributed by atoms with van der Waals surface area (Å²) in [7, 11) is 0. The molecule has 43 heavy (non-hydrogen) atoms. The molecule has 1 heteroatoms. The van der Waals surface area contributed by atoms with E-state index in [1.54, 1.807) is 0 Å². The van der Waals surface area contributed by atoms with Gasteiger partial charge in [-0.15, -0.1) is 0 Å². The van der Waals surface area contributed by atoms with E-state index in [9.17, 15) is 0 Å². The molecule has 0 radical (unpaired) electrons. The molecular weight excluding hydrogens is 518 g/mol. The molecule has 0 heterocycles. The number of nitrogens with zero attached hydrogens (tertiary/aromatic N) is 1. The van der Waals surface area contributed by atoms with Crippen LogP contribution in [-0.4, -0.2) is 0 Å². The molecule has 1 nitrogen and oxygen atoms in total. The highest BCUT2D eigenvalue weighted by atomic mass is 15.1. The zero-order chi connectivity index (χ0) is 29.5. The van der Waals surface area contributed by atoms with Crippen molar-refractivity contribution in [1.29, 1.82) is 0 Å². The molecule has 0 saturated heterocycles. The van der Waals surface area contributed by atoms with Crippen molar-refractivity contribution >= 4 is 49.4 Å². The van der Waals surface area contributed by atoms with Gasteiger partial charge in [-0.25, -0.2) is 0 Å². The molecule has 7 aromatic carbocycles. The Morgan fingerprint density at radius 3 is 1.77 bits per heavy atom. The lowest BCUT2D eigenvalue weighted by Gasteiger charge is -2.28. The van der Waals surface area contributed by atoms with Crippen LogP contribution in [0.1, 0.15) is 41.7 Å². The highest BCUT2D eigenvalue weighted by molar-refractivity contribution is 6.19. The van der Waals surface area contributed by atoms with Crippen LogP contribution in [0.4, 0.5) is 17.1 Å². The number of para-hydroxylation sites is 1. The van der Waals surface area contributed by atoms with Crippen LogP contribution in [0.5, 0.6) is 0 Å². The van der Waals surface area contributed by atoms with Gasteiger partial charge in [0.1, 0.15) is 0 Å². The van der Waals surface area contributed by atoms with Crippen molar-refractivity contribution in [2.45, 2.75) is 40.0 Å². The van der Waals surface area contributed by atoms with Crippen LogP contribution in [0.25, 0.3) is 43.4 Å². The lowest BCUT2D eigenvalue weighted by molar-refractivity contribution is 0.672. The van der Waals surface area contributed by atoms with Crippen molar-refractivity contribution in [2.24, 2.45) is 0 Å². The fourth-order valence-electron chi connectivity index (χ4n) is 7.70. The van der Waals surface area contributed by atoms with Crippen LogP contribution in [-0.2, 0) is 5.41 Å². The molecule has 0 aromatic heterocycles. The maximum atomic E-state index is 2.42. The standard InChI is InChI=1S/C42H35N/c1-26-23-32(24-27(2)28(26)3)43(30-13-7-6-8-14-30)31-20-22-33-29(25-31)19-21-38-39-36-17-11-9-15-34(36)35-16-10-12-18-37(35)41(39)42(4,5)40(33)38/h6-25H,1-5H3. The molecule has 0 spiro atoms. The molecule has 0 unspecified atom stereocenters. The van der Waals surface area contributed by atoms with Crippen LogP contribution in [0.15, 0.2) is 121 Å². The molecule has 0 aliphatic heterocycles. The van der Waals surface area contributed by atoms with E-state index >= 15 is 0 Å². The fourth-order valence-corrected chi connectivity index (χ4v) is 7.70. The van der Waals surface area contributed by atoms with E-state index in [1.165, 1.54) is 82.6 Å². The van der Waals surface area contributed by atoms with Crippen molar-refractivity contribution in [3.63, 3.8) is 0 Å². The monoisotopic (exact) mass is 553 g/mol. The third-order valence-electron chi connectivity index (χ3n) is 9.90. The van der Waals surface area contributed by atoms with Gasteiger partial charge in [-0.1, -0.05) is 98.8 Å². The van der Waals surface area contributed by atoms with Crippen molar-refractivity contribution in [2.75, 3.05) is 4.90 Å². The normalized spacial score (nSPS) is 13.4. The Balaban J connectivity index is 1.38. The van der Waals surface area contributed by atoms with Crippen molar-refractivity contribution < 1.29 is 0 Å². The van der Waals surface area contributed by atoms with Gasteiger partial charge in [-0.3, -0.25) is 0 Å². The first kappa shape index (κ1) is 25.8. The van der Waals surface area contributed by atoms with Gasteiger partial charge in [0.05, 0.1) is 0 Å². The maximum Gasteiger partial charge on any atom is 0.0468 e. The number of fused-ring (bicyclic) bond motifs is 10. The Morgan fingerprint density at radius 1 is 0.465 bits per heavy atom. The van der Waals surface area contributed by atoms with Crippen LogP contribution < -0.4 is 4.90 Å². The first-order chi connectivity index (χ1) is 20.8. The molecule has 0 amide bonds. The highest BCUT2D eigenvalue weighted by Crippen LogP contribution is 2.56. The number of hydrogen-bond donors (Lipinski definition) is 0. The summed E-state index contributed by atoms with van der Waals surface area (Å²) >= 11 is 0. The van der Waals surface area contributed by atoms with E-state index in [1.807, 2.05) is 0 Å². The van der Waals surface area contributed by atoms with Gasteiger partial charge < -0.3 is 4.90 Å². The zero-order valence-electron chi connectivity index (χ0n) is 25.5. The SMILES string of the molecule is Cc1cc(N(c2ccccc2)c2ccc3c4c(ccc3c2)-c2c(c3ccccc3c3ccccc23)C4(C)C)cc(C)c1C. The Bertz CT molecular complexity index is 2210. The molecule has 208 valence electrons. The van der Waals surface area contributed by atoms with Gasteiger partial charge in [0.2, 0.25) is 0 Å². The average molecular weight is 554 g/mol. The van der Waals surface area contributed by atoms with E-state index < -0.39 is 0 Å². The molecule has 0 atom stereocenters. The smallest absolute Gasteiger partial charge is 0.0468 e. The lowest BCUT2D eigenvalue weighted by atomic mass is 9.78.